The molecule has 0 saturated heterocycles. The summed E-state index contributed by atoms with van der Waals surface area (Å²) in [6, 6.07) is 19.9. The summed E-state index contributed by atoms with van der Waals surface area (Å²) < 4.78 is 11.4. The molecule has 9 nitrogen and oxygen atoms in total. The summed E-state index contributed by atoms with van der Waals surface area (Å²) in [5.74, 6) is 0.942. The smallest absolute Gasteiger partial charge is 0.274 e. The number of rotatable bonds is 7. The third-order valence-electron chi connectivity index (χ3n) is 4.41. The molecule has 0 unspecified atom stereocenters. The Morgan fingerprint density at radius 3 is 1.79 bits per heavy atom. The third kappa shape index (κ3) is 5.61. The number of carbonyl (C=O) groups excluding carboxylic acids is 2. The van der Waals surface area contributed by atoms with Crippen LogP contribution in [0.1, 0.15) is 21.0 Å². The first-order valence-corrected chi connectivity index (χ1v) is 9.81. The van der Waals surface area contributed by atoms with E-state index in [9.17, 15) is 9.59 Å². The topological polar surface area (TPSA) is 142 Å². The van der Waals surface area contributed by atoms with Crippen molar-refractivity contribution in [3.63, 3.8) is 0 Å². The largest absolute Gasteiger partial charge is 0.457 e. The van der Waals surface area contributed by atoms with Crippen molar-refractivity contribution in [2.24, 2.45) is 5.73 Å². The zero-order chi connectivity index (χ0) is 23.2. The lowest BCUT2D eigenvalue weighted by Gasteiger charge is -2.09. The van der Waals surface area contributed by atoms with Gasteiger partial charge in [0.2, 0.25) is 0 Å². The average Bonchev–Trinajstić information content (AvgIpc) is 2.82. The fourth-order valence-corrected chi connectivity index (χ4v) is 2.82. The molecule has 0 bridgehead atoms. The van der Waals surface area contributed by atoms with Crippen molar-refractivity contribution in [2.45, 2.75) is 0 Å². The van der Waals surface area contributed by atoms with Gasteiger partial charge in [0.25, 0.3) is 11.8 Å². The molecule has 2 heterocycles. The Balaban J connectivity index is 1.40. The van der Waals surface area contributed by atoms with Gasteiger partial charge in [0.15, 0.2) is 0 Å². The molecule has 0 spiro atoms. The van der Waals surface area contributed by atoms with E-state index in [1.54, 1.807) is 66.7 Å². The monoisotopic (exact) mass is 441 g/mol. The van der Waals surface area contributed by atoms with Crippen molar-refractivity contribution in [3.8, 4) is 23.0 Å². The molecule has 0 aliphatic carbocycles. The van der Waals surface area contributed by atoms with E-state index >= 15 is 0 Å². The number of ether oxygens (including phenoxy) is 2. The molecular weight excluding hydrogens is 422 g/mol. The number of hydrogen-bond donors (Lipinski definition) is 3. The van der Waals surface area contributed by atoms with Crippen molar-refractivity contribution >= 4 is 23.2 Å². The number of nitrogens with one attached hydrogen (secondary N) is 1. The highest BCUT2D eigenvalue weighted by atomic mass is 16.5. The van der Waals surface area contributed by atoms with E-state index in [2.05, 4.69) is 15.3 Å². The number of hydrogen-bond acceptors (Lipinski definition) is 7. The minimum absolute atomic E-state index is 0.103. The number of anilines is 2. The Bertz CT molecular complexity index is 1290. The molecule has 33 heavy (non-hydrogen) atoms. The van der Waals surface area contributed by atoms with E-state index in [-0.39, 0.29) is 11.4 Å². The first-order chi connectivity index (χ1) is 16.0. The number of nitrogen functional groups attached to an aromatic ring is 1. The Hall–Kier alpha value is -4.92. The first kappa shape index (κ1) is 21.3. The summed E-state index contributed by atoms with van der Waals surface area (Å²) in [4.78, 5) is 31.8. The second kappa shape index (κ2) is 9.48. The summed E-state index contributed by atoms with van der Waals surface area (Å²) in [5, 5.41) is 2.77. The Morgan fingerprint density at radius 1 is 0.697 bits per heavy atom. The highest BCUT2D eigenvalue weighted by molar-refractivity contribution is 6.03. The number of aromatic nitrogens is 2. The standard InChI is InChI=1S/C24H19N5O4/c25-15-1-5-17(6-2-15)32-20-10-12-28-22(14-20)24(31)29-16-3-7-18(8-4-16)33-19-9-11-27-21(13-19)23(26)30/h1-14H,25H2,(H2,26,30)(H,29,31). The molecule has 4 aromatic rings. The van der Waals surface area contributed by atoms with Gasteiger partial charge in [-0.25, -0.2) is 0 Å². The van der Waals surface area contributed by atoms with Crippen molar-refractivity contribution in [1.82, 2.24) is 9.97 Å². The zero-order valence-electron chi connectivity index (χ0n) is 17.3. The summed E-state index contributed by atoms with van der Waals surface area (Å²) in [7, 11) is 0. The third-order valence-corrected chi connectivity index (χ3v) is 4.41. The van der Waals surface area contributed by atoms with E-state index in [0.29, 0.717) is 34.4 Å². The van der Waals surface area contributed by atoms with Crippen LogP contribution in [0.3, 0.4) is 0 Å². The molecule has 0 fully saturated rings. The second-order valence-electron chi connectivity index (χ2n) is 6.87. The molecule has 5 N–H and O–H groups in total. The summed E-state index contributed by atoms with van der Waals surface area (Å²) in [6.45, 7) is 0. The molecule has 2 aromatic carbocycles. The molecule has 0 radical (unpaired) electrons. The van der Waals surface area contributed by atoms with Crippen LogP contribution in [-0.2, 0) is 0 Å². The Labute approximate surface area is 189 Å². The van der Waals surface area contributed by atoms with Gasteiger partial charge in [0.1, 0.15) is 34.4 Å². The Kier molecular flexibility index (Phi) is 6.12. The molecule has 0 saturated carbocycles. The summed E-state index contributed by atoms with van der Waals surface area (Å²) in [6.07, 6.45) is 2.93. The molecular formula is C24H19N5O4. The van der Waals surface area contributed by atoms with Gasteiger partial charge < -0.3 is 26.3 Å². The maximum Gasteiger partial charge on any atom is 0.274 e. The number of nitrogens with two attached hydrogens (primary N) is 2. The van der Waals surface area contributed by atoms with E-state index in [1.165, 1.54) is 18.5 Å². The van der Waals surface area contributed by atoms with Gasteiger partial charge in [0, 0.05) is 35.9 Å². The number of amides is 2. The highest BCUT2D eigenvalue weighted by Gasteiger charge is 2.10. The van der Waals surface area contributed by atoms with E-state index in [4.69, 9.17) is 20.9 Å². The van der Waals surface area contributed by atoms with Gasteiger partial charge >= 0.3 is 0 Å². The van der Waals surface area contributed by atoms with Crippen LogP contribution in [0.15, 0.2) is 85.2 Å². The number of nitrogens with zero attached hydrogens (tertiary/aromatic N) is 2. The van der Waals surface area contributed by atoms with Crippen LogP contribution >= 0.6 is 0 Å². The average molecular weight is 441 g/mol. The molecule has 9 heteroatoms. The van der Waals surface area contributed by atoms with Gasteiger partial charge in [-0.3, -0.25) is 19.6 Å². The van der Waals surface area contributed by atoms with E-state index < -0.39 is 11.8 Å². The van der Waals surface area contributed by atoms with E-state index in [0.717, 1.165) is 0 Å². The minimum Gasteiger partial charge on any atom is -0.457 e. The first-order valence-electron chi connectivity index (χ1n) is 9.81. The van der Waals surface area contributed by atoms with Gasteiger partial charge in [-0.1, -0.05) is 0 Å². The number of pyridine rings is 2. The van der Waals surface area contributed by atoms with Crippen LogP contribution in [0, 0.1) is 0 Å². The maximum atomic E-state index is 12.6. The van der Waals surface area contributed by atoms with Crippen molar-refractivity contribution < 1.29 is 19.1 Å². The van der Waals surface area contributed by atoms with Crippen LogP contribution in [-0.4, -0.2) is 21.8 Å². The number of benzene rings is 2. The summed E-state index contributed by atoms with van der Waals surface area (Å²) in [5.41, 5.74) is 12.4. The van der Waals surface area contributed by atoms with Crippen LogP contribution in [0.25, 0.3) is 0 Å². The van der Waals surface area contributed by atoms with Crippen molar-refractivity contribution in [1.29, 1.82) is 0 Å². The Morgan fingerprint density at radius 2 is 1.21 bits per heavy atom. The van der Waals surface area contributed by atoms with Crippen molar-refractivity contribution in [3.05, 3.63) is 96.6 Å². The lowest BCUT2D eigenvalue weighted by Crippen LogP contribution is -2.13. The lowest BCUT2D eigenvalue weighted by atomic mass is 10.2. The molecule has 164 valence electrons. The lowest BCUT2D eigenvalue weighted by molar-refractivity contribution is 0.0992. The van der Waals surface area contributed by atoms with E-state index in [1.807, 2.05) is 0 Å². The van der Waals surface area contributed by atoms with Crippen LogP contribution < -0.4 is 26.3 Å². The zero-order valence-corrected chi connectivity index (χ0v) is 17.3. The summed E-state index contributed by atoms with van der Waals surface area (Å²) >= 11 is 0. The molecule has 2 amide bonds. The van der Waals surface area contributed by atoms with Crippen LogP contribution in [0.5, 0.6) is 23.0 Å². The highest BCUT2D eigenvalue weighted by Crippen LogP contribution is 2.25. The molecule has 0 aliphatic rings. The predicted octanol–water partition coefficient (Wildman–Crippen LogP) is 3.99. The normalized spacial score (nSPS) is 10.3. The quantitative estimate of drug-likeness (QED) is 0.368. The van der Waals surface area contributed by atoms with Gasteiger partial charge in [-0.15, -0.1) is 0 Å². The second-order valence-corrected chi connectivity index (χ2v) is 6.87. The molecule has 2 aromatic heterocycles. The van der Waals surface area contributed by atoms with Gasteiger partial charge in [-0.05, 0) is 60.7 Å². The SMILES string of the molecule is NC(=O)c1cc(Oc2ccc(NC(=O)c3cc(Oc4ccc(N)cc4)ccn3)cc2)ccn1. The van der Waals surface area contributed by atoms with Gasteiger partial charge in [0.05, 0.1) is 0 Å². The van der Waals surface area contributed by atoms with Gasteiger partial charge in [-0.2, -0.15) is 0 Å². The van der Waals surface area contributed by atoms with Crippen LogP contribution in [0.2, 0.25) is 0 Å². The predicted molar refractivity (Wildman–Crippen MR) is 122 cm³/mol. The molecule has 0 aliphatic heterocycles. The fourth-order valence-electron chi connectivity index (χ4n) is 2.82. The van der Waals surface area contributed by atoms with Crippen molar-refractivity contribution in [2.75, 3.05) is 11.1 Å². The minimum atomic E-state index is -0.643. The number of primary amides is 1. The molecule has 4 rings (SSSR count). The maximum absolute atomic E-state index is 12.6. The fraction of sp³-hybridized carbons (Fsp3) is 0. The molecule has 0 atom stereocenters. The van der Waals surface area contributed by atoms with Crippen LogP contribution in [0.4, 0.5) is 11.4 Å². The number of carbonyl (C=O) groups is 2.